The lowest BCUT2D eigenvalue weighted by Gasteiger charge is -2.34. The molecule has 1 aromatic rings. The van der Waals surface area contributed by atoms with E-state index in [4.69, 9.17) is 9.47 Å². The second kappa shape index (κ2) is 8.99. The summed E-state index contributed by atoms with van der Waals surface area (Å²) in [7, 11) is 6.02. The first-order chi connectivity index (χ1) is 12.2. The van der Waals surface area contributed by atoms with Crippen LogP contribution in [0.5, 0.6) is 5.75 Å². The first kappa shape index (κ1) is 18.6. The molecule has 140 valence electrons. The van der Waals surface area contributed by atoms with E-state index in [1.807, 2.05) is 6.07 Å². The zero-order chi connectivity index (χ0) is 17.6. The van der Waals surface area contributed by atoms with Crippen molar-refractivity contribution in [1.82, 2.24) is 15.5 Å². The van der Waals surface area contributed by atoms with E-state index in [0.717, 1.165) is 32.1 Å². The number of morpholine rings is 1. The number of hydrogen-bond donors (Lipinski definition) is 2. The van der Waals surface area contributed by atoms with Crippen LogP contribution in [-0.4, -0.2) is 64.5 Å². The fraction of sp³-hybridized carbons (Fsp3) is 0.700. The minimum Gasteiger partial charge on any atom is -0.497 e. The van der Waals surface area contributed by atoms with Gasteiger partial charge in [0.2, 0.25) is 0 Å². The van der Waals surface area contributed by atoms with Gasteiger partial charge in [0.05, 0.1) is 20.3 Å². The fourth-order valence-corrected chi connectivity index (χ4v) is 4.29. The lowest BCUT2D eigenvalue weighted by molar-refractivity contribution is 0.0520. The zero-order valence-corrected chi connectivity index (χ0v) is 15.8. The van der Waals surface area contributed by atoms with E-state index in [9.17, 15) is 0 Å². The maximum atomic E-state index is 5.69. The molecule has 4 unspecified atom stereocenters. The van der Waals surface area contributed by atoms with Crippen molar-refractivity contribution < 1.29 is 9.47 Å². The smallest absolute Gasteiger partial charge is 0.119 e. The third-order valence-electron chi connectivity index (χ3n) is 5.71. The van der Waals surface area contributed by atoms with E-state index < -0.39 is 0 Å². The molecule has 4 atom stereocenters. The van der Waals surface area contributed by atoms with Gasteiger partial charge in [0.1, 0.15) is 5.75 Å². The van der Waals surface area contributed by atoms with Crippen molar-refractivity contribution in [2.24, 2.45) is 5.92 Å². The number of methoxy groups -OCH3 is 1. The Morgan fingerprint density at radius 1 is 1.36 bits per heavy atom. The molecule has 3 rings (SSSR count). The molecule has 2 fully saturated rings. The molecule has 1 saturated carbocycles. The van der Waals surface area contributed by atoms with Crippen molar-refractivity contribution in [3.63, 3.8) is 0 Å². The Morgan fingerprint density at radius 3 is 2.96 bits per heavy atom. The molecule has 1 aromatic carbocycles. The summed E-state index contributed by atoms with van der Waals surface area (Å²) in [6.45, 7) is 3.64. The van der Waals surface area contributed by atoms with Crippen molar-refractivity contribution in [3.8, 4) is 5.75 Å². The molecule has 0 radical (unpaired) electrons. The second-order valence-electron chi connectivity index (χ2n) is 7.50. The summed E-state index contributed by atoms with van der Waals surface area (Å²) >= 11 is 0. The Morgan fingerprint density at radius 2 is 2.24 bits per heavy atom. The molecule has 1 aliphatic heterocycles. The molecule has 1 aliphatic carbocycles. The number of rotatable bonds is 7. The highest BCUT2D eigenvalue weighted by Crippen LogP contribution is 2.30. The molecule has 2 N–H and O–H groups in total. The Labute approximate surface area is 152 Å². The number of hydrogen-bond acceptors (Lipinski definition) is 5. The number of ether oxygens (including phenoxy) is 2. The van der Waals surface area contributed by atoms with Crippen LogP contribution in [0.2, 0.25) is 0 Å². The quantitative estimate of drug-likeness (QED) is 0.790. The van der Waals surface area contributed by atoms with E-state index in [0.29, 0.717) is 24.0 Å². The SMILES string of the molecule is COc1cccc(C(CNC2CCCC2C2COCCN2)N(C)C)c1. The fourth-order valence-electron chi connectivity index (χ4n) is 4.29. The molecule has 0 aromatic heterocycles. The highest BCUT2D eigenvalue weighted by Gasteiger charge is 2.34. The van der Waals surface area contributed by atoms with Gasteiger partial charge in [0.15, 0.2) is 0 Å². The van der Waals surface area contributed by atoms with E-state index in [1.165, 1.54) is 24.8 Å². The maximum Gasteiger partial charge on any atom is 0.119 e. The van der Waals surface area contributed by atoms with E-state index in [2.05, 4.69) is 47.8 Å². The topological polar surface area (TPSA) is 45.8 Å². The monoisotopic (exact) mass is 347 g/mol. The van der Waals surface area contributed by atoms with Crippen LogP contribution in [-0.2, 0) is 4.74 Å². The number of nitrogens with zero attached hydrogens (tertiary/aromatic N) is 1. The molecule has 1 heterocycles. The van der Waals surface area contributed by atoms with Crippen LogP contribution < -0.4 is 15.4 Å². The lowest BCUT2D eigenvalue weighted by atomic mass is 9.93. The van der Waals surface area contributed by atoms with Gasteiger partial charge in [-0.15, -0.1) is 0 Å². The van der Waals surface area contributed by atoms with Crippen molar-refractivity contribution in [3.05, 3.63) is 29.8 Å². The summed E-state index contributed by atoms with van der Waals surface area (Å²) in [5, 5.41) is 7.52. The standard InChI is InChI=1S/C20H33N3O2/c1-23(2)20(15-6-4-7-16(12-15)24-3)13-22-18-9-5-8-17(18)19-14-25-11-10-21-19/h4,6-7,12,17-22H,5,8-11,13-14H2,1-3H3. The second-order valence-corrected chi connectivity index (χ2v) is 7.50. The van der Waals surface area contributed by atoms with Gasteiger partial charge in [-0.2, -0.15) is 0 Å². The molecular weight excluding hydrogens is 314 g/mol. The van der Waals surface area contributed by atoms with Crippen LogP contribution in [0.3, 0.4) is 0 Å². The summed E-state index contributed by atoms with van der Waals surface area (Å²) in [4.78, 5) is 2.29. The van der Waals surface area contributed by atoms with Gasteiger partial charge >= 0.3 is 0 Å². The van der Waals surface area contributed by atoms with Crippen LogP contribution in [0.1, 0.15) is 30.9 Å². The molecule has 2 aliphatic rings. The normalized spacial score (nSPS) is 28.2. The lowest BCUT2D eigenvalue weighted by Crippen LogP contribution is -2.51. The van der Waals surface area contributed by atoms with Gasteiger partial charge in [-0.05, 0) is 50.6 Å². The van der Waals surface area contributed by atoms with E-state index in [1.54, 1.807) is 7.11 Å². The molecular formula is C20H33N3O2. The molecule has 0 amide bonds. The highest BCUT2D eigenvalue weighted by molar-refractivity contribution is 5.30. The van der Waals surface area contributed by atoms with Gasteiger partial charge in [0.25, 0.3) is 0 Å². The van der Waals surface area contributed by atoms with Crippen LogP contribution in [0.15, 0.2) is 24.3 Å². The number of likely N-dealkylation sites (N-methyl/N-ethyl adjacent to an activating group) is 1. The average molecular weight is 348 g/mol. The average Bonchev–Trinajstić information content (AvgIpc) is 3.11. The minimum atomic E-state index is 0.340. The first-order valence-electron chi connectivity index (χ1n) is 9.54. The summed E-state index contributed by atoms with van der Waals surface area (Å²) in [5.41, 5.74) is 1.30. The van der Waals surface area contributed by atoms with Gasteiger partial charge in [-0.25, -0.2) is 0 Å². The Kier molecular flexibility index (Phi) is 6.70. The van der Waals surface area contributed by atoms with Gasteiger partial charge in [-0.3, -0.25) is 0 Å². The van der Waals surface area contributed by atoms with Crippen molar-refractivity contribution in [1.29, 1.82) is 0 Å². The summed E-state index contributed by atoms with van der Waals surface area (Å²) < 4.78 is 11.1. The van der Waals surface area contributed by atoms with Crippen molar-refractivity contribution in [2.75, 3.05) is 47.5 Å². The third-order valence-corrected chi connectivity index (χ3v) is 5.71. The summed E-state index contributed by atoms with van der Waals surface area (Å²) in [6.07, 6.45) is 3.87. The van der Waals surface area contributed by atoms with Gasteiger partial charge in [0, 0.05) is 31.2 Å². The molecule has 5 heteroatoms. The first-order valence-corrected chi connectivity index (χ1v) is 9.54. The van der Waals surface area contributed by atoms with Crippen LogP contribution in [0.4, 0.5) is 0 Å². The number of nitrogens with one attached hydrogen (secondary N) is 2. The van der Waals surface area contributed by atoms with Crippen LogP contribution >= 0.6 is 0 Å². The highest BCUT2D eigenvalue weighted by atomic mass is 16.5. The molecule has 0 bridgehead atoms. The van der Waals surface area contributed by atoms with Crippen LogP contribution in [0.25, 0.3) is 0 Å². The Hall–Kier alpha value is -1.14. The third kappa shape index (κ3) is 4.73. The minimum absolute atomic E-state index is 0.340. The van der Waals surface area contributed by atoms with E-state index >= 15 is 0 Å². The molecule has 1 saturated heterocycles. The van der Waals surface area contributed by atoms with Crippen LogP contribution in [0, 0.1) is 5.92 Å². The predicted molar refractivity (Wildman–Crippen MR) is 101 cm³/mol. The van der Waals surface area contributed by atoms with Gasteiger partial charge in [-0.1, -0.05) is 18.6 Å². The van der Waals surface area contributed by atoms with Crippen molar-refractivity contribution in [2.45, 2.75) is 37.4 Å². The Bertz CT molecular complexity index is 531. The summed E-state index contributed by atoms with van der Waals surface area (Å²) in [6, 6.07) is 9.84. The molecule has 25 heavy (non-hydrogen) atoms. The number of benzene rings is 1. The predicted octanol–water partition coefficient (Wildman–Crippen LogP) is 2.04. The maximum absolute atomic E-state index is 5.69. The largest absolute Gasteiger partial charge is 0.497 e. The van der Waals surface area contributed by atoms with Gasteiger partial charge < -0.3 is 25.0 Å². The van der Waals surface area contributed by atoms with Crippen molar-refractivity contribution >= 4 is 0 Å². The zero-order valence-electron chi connectivity index (χ0n) is 15.8. The molecule has 5 nitrogen and oxygen atoms in total. The summed E-state index contributed by atoms with van der Waals surface area (Å²) in [5.74, 6) is 1.60. The Balaban J connectivity index is 1.62. The molecule has 0 spiro atoms. The van der Waals surface area contributed by atoms with E-state index in [-0.39, 0.29) is 0 Å².